The van der Waals surface area contributed by atoms with Crippen LogP contribution in [0.5, 0.6) is 11.5 Å². The van der Waals surface area contributed by atoms with Crippen LogP contribution in [0.3, 0.4) is 0 Å². The van der Waals surface area contributed by atoms with Crippen molar-refractivity contribution in [3.05, 3.63) is 53.4 Å². The minimum Gasteiger partial charge on any atom is -0.461 e. The molecule has 0 saturated carbocycles. The largest absolute Gasteiger partial charge is 0.461 e. The molecule has 2 aliphatic rings. The summed E-state index contributed by atoms with van der Waals surface area (Å²) >= 11 is 0. The van der Waals surface area contributed by atoms with Crippen LogP contribution >= 0.6 is 0 Å². The van der Waals surface area contributed by atoms with Crippen LogP contribution in [-0.4, -0.2) is 26.4 Å². The van der Waals surface area contributed by atoms with Gasteiger partial charge < -0.3 is 19.2 Å². The van der Waals surface area contributed by atoms with Crippen molar-refractivity contribution in [3.8, 4) is 23.1 Å². The first-order chi connectivity index (χ1) is 13.8. The van der Waals surface area contributed by atoms with E-state index < -0.39 is 0 Å². The molecule has 4 aromatic rings. The molecule has 0 radical (unpaired) electrons. The Balaban J connectivity index is 1.39. The van der Waals surface area contributed by atoms with Crippen molar-refractivity contribution in [3.63, 3.8) is 0 Å². The van der Waals surface area contributed by atoms with E-state index in [1.807, 2.05) is 30.3 Å². The van der Waals surface area contributed by atoms with E-state index in [1.54, 1.807) is 10.8 Å². The quantitative estimate of drug-likeness (QED) is 0.586. The van der Waals surface area contributed by atoms with E-state index in [4.69, 9.17) is 18.9 Å². The molecule has 3 aromatic heterocycles. The molecule has 8 heteroatoms. The molecule has 8 nitrogen and oxygen atoms in total. The van der Waals surface area contributed by atoms with Crippen LogP contribution in [0.15, 0.2) is 41.0 Å². The predicted octanol–water partition coefficient (Wildman–Crippen LogP) is 3.21. The maximum Gasteiger partial charge on any atom is 0.255 e. The molecule has 1 aromatic carbocycles. The van der Waals surface area contributed by atoms with Gasteiger partial charge in [-0.15, -0.1) is 5.10 Å². The summed E-state index contributed by atoms with van der Waals surface area (Å²) in [7, 11) is 0. The zero-order chi connectivity index (χ0) is 18.5. The Hall–Kier alpha value is -3.55. The minimum absolute atomic E-state index is 0.277. The third kappa shape index (κ3) is 2.41. The SMILES string of the molecule is c1coc(-c2nc3nc4c(c(NCc5ccc6c(c5)OCO6)n3n2)CCC4)c1. The van der Waals surface area contributed by atoms with Crippen LogP contribution in [0.25, 0.3) is 17.4 Å². The minimum atomic E-state index is 0.277. The molecular formula is C20H17N5O3. The standard InChI is InChI=1S/C20H17N5O3/c1-3-13-14(4-1)22-20-23-18(16-5-2-8-26-16)24-25(20)19(13)21-10-12-6-7-15-17(9-12)28-11-27-15/h2,5-9,21H,1,3-4,10-11H2. The number of aromatic nitrogens is 4. The van der Waals surface area contributed by atoms with Gasteiger partial charge in [-0.1, -0.05) is 6.07 Å². The molecule has 28 heavy (non-hydrogen) atoms. The third-order valence-electron chi connectivity index (χ3n) is 5.15. The fourth-order valence-electron chi connectivity index (χ4n) is 3.81. The van der Waals surface area contributed by atoms with Gasteiger partial charge in [0, 0.05) is 12.1 Å². The predicted molar refractivity (Wildman–Crippen MR) is 100 cm³/mol. The molecule has 0 amide bonds. The first kappa shape index (κ1) is 15.5. The number of nitrogens with zero attached hydrogens (tertiary/aromatic N) is 4. The maximum absolute atomic E-state index is 5.48. The number of benzene rings is 1. The van der Waals surface area contributed by atoms with E-state index in [0.29, 0.717) is 23.9 Å². The van der Waals surface area contributed by atoms with E-state index in [-0.39, 0.29) is 6.79 Å². The van der Waals surface area contributed by atoms with Crippen molar-refractivity contribution in [2.75, 3.05) is 12.1 Å². The lowest BCUT2D eigenvalue weighted by Gasteiger charge is -2.12. The number of rotatable bonds is 4. The number of nitrogens with one attached hydrogen (secondary N) is 1. The van der Waals surface area contributed by atoms with Crippen LogP contribution in [-0.2, 0) is 19.4 Å². The second kappa shape index (κ2) is 5.98. The van der Waals surface area contributed by atoms with E-state index >= 15 is 0 Å². The van der Waals surface area contributed by atoms with Gasteiger partial charge in [0.05, 0.1) is 12.0 Å². The Bertz CT molecular complexity index is 1180. The number of furan rings is 1. The molecular weight excluding hydrogens is 358 g/mol. The molecule has 4 heterocycles. The fraction of sp³-hybridized carbons (Fsp3) is 0.250. The molecule has 0 saturated heterocycles. The van der Waals surface area contributed by atoms with Crippen LogP contribution in [0.4, 0.5) is 5.82 Å². The highest BCUT2D eigenvalue weighted by Crippen LogP contribution is 2.33. The van der Waals surface area contributed by atoms with Crippen molar-refractivity contribution >= 4 is 11.6 Å². The van der Waals surface area contributed by atoms with Gasteiger partial charge in [0.25, 0.3) is 5.78 Å². The lowest BCUT2D eigenvalue weighted by molar-refractivity contribution is 0.174. The topological polar surface area (TPSA) is 86.7 Å². The normalized spacial score (nSPS) is 14.6. The monoisotopic (exact) mass is 375 g/mol. The molecule has 140 valence electrons. The highest BCUT2D eigenvalue weighted by atomic mass is 16.7. The van der Waals surface area contributed by atoms with Gasteiger partial charge in [-0.05, 0) is 49.1 Å². The van der Waals surface area contributed by atoms with Crippen molar-refractivity contribution in [1.29, 1.82) is 0 Å². The molecule has 0 bridgehead atoms. The Kier molecular flexibility index (Phi) is 3.31. The van der Waals surface area contributed by atoms with Crippen molar-refractivity contribution in [2.45, 2.75) is 25.8 Å². The number of fused-ring (bicyclic) bond motifs is 3. The van der Waals surface area contributed by atoms with E-state index in [9.17, 15) is 0 Å². The van der Waals surface area contributed by atoms with Gasteiger partial charge in [-0.25, -0.2) is 4.98 Å². The first-order valence-corrected chi connectivity index (χ1v) is 9.30. The van der Waals surface area contributed by atoms with E-state index in [2.05, 4.69) is 15.4 Å². The lowest BCUT2D eigenvalue weighted by atomic mass is 10.2. The average molecular weight is 375 g/mol. The molecule has 1 aliphatic heterocycles. The lowest BCUT2D eigenvalue weighted by Crippen LogP contribution is -2.10. The number of hydrogen-bond donors (Lipinski definition) is 1. The molecule has 0 unspecified atom stereocenters. The maximum atomic E-state index is 5.48. The van der Waals surface area contributed by atoms with Gasteiger partial charge in [-0.3, -0.25) is 0 Å². The highest BCUT2D eigenvalue weighted by Gasteiger charge is 2.23. The zero-order valence-corrected chi connectivity index (χ0v) is 15.0. The molecule has 0 spiro atoms. The van der Waals surface area contributed by atoms with Crippen LogP contribution in [0, 0.1) is 0 Å². The van der Waals surface area contributed by atoms with Crippen molar-refractivity contribution < 1.29 is 13.9 Å². The number of anilines is 1. The number of hydrogen-bond acceptors (Lipinski definition) is 7. The Labute approximate surface area is 160 Å². The Morgan fingerprint density at radius 3 is 2.96 bits per heavy atom. The summed E-state index contributed by atoms with van der Waals surface area (Å²) in [6.07, 6.45) is 4.66. The molecule has 1 aliphatic carbocycles. The molecule has 0 fully saturated rings. The molecule has 1 N–H and O–H groups in total. The van der Waals surface area contributed by atoms with E-state index in [0.717, 1.165) is 47.8 Å². The summed E-state index contributed by atoms with van der Waals surface area (Å²) in [5.41, 5.74) is 3.41. The summed E-state index contributed by atoms with van der Waals surface area (Å²) < 4.78 is 18.1. The second-order valence-corrected chi connectivity index (χ2v) is 6.90. The van der Waals surface area contributed by atoms with Gasteiger partial charge in [0.2, 0.25) is 12.6 Å². The van der Waals surface area contributed by atoms with Crippen LogP contribution < -0.4 is 14.8 Å². The fourth-order valence-corrected chi connectivity index (χ4v) is 3.81. The summed E-state index contributed by atoms with van der Waals surface area (Å²) in [4.78, 5) is 9.29. The molecule has 6 rings (SSSR count). The Morgan fingerprint density at radius 1 is 1.07 bits per heavy atom. The third-order valence-corrected chi connectivity index (χ3v) is 5.15. The zero-order valence-electron chi connectivity index (χ0n) is 15.0. The highest BCUT2D eigenvalue weighted by molar-refractivity contribution is 5.58. The van der Waals surface area contributed by atoms with Gasteiger partial charge in [0.15, 0.2) is 17.3 Å². The van der Waals surface area contributed by atoms with Gasteiger partial charge in [-0.2, -0.15) is 9.50 Å². The molecule has 0 atom stereocenters. The Morgan fingerprint density at radius 2 is 2.04 bits per heavy atom. The summed E-state index contributed by atoms with van der Waals surface area (Å²) in [6.45, 7) is 0.914. The van der Waals surface area contributed by atoms with Crippen molar-refractivity contribution in [2.24, 2.45) is 0 Å². The van der Waals surface area contributed by atoms with Crippen molar-refractivity contribution in [1.82, 2.24) is 19.6 Å². The number of ether oxygens (including phenoxy) is 2. The first-order valence-electron chi connectivity index (χ1n) is 9.30. The smallest absolute Gasteiger partial charge is 0.255 e. The number of aryl methyl sites for hydroxylation is 1. The van der Waals surface area contributed by atoms with Gasteiger partial charge in [0.1, 0.15) is 5.82 Å². The second-order valence-electron chi connectivity index (χ2n) is 6.90. The van der Waals surface area contributed by atoms with Crippen LogP contribution in [0.1, 0.15) is 23.2 Å². The summed E-state index contributed by atoms with van der Waals surface area (Å²) in [5, 5.41) is 8.19. The summed E-state index contributed by atoms with van der Waals surface area (Å²) in [6, 6.07) is 9.66. The summed E-state index contributed by atoms with van der Waals surface area (Å²) in [5.74, 6) is 4.26. The van der Waals surface area contributed by atoms with Gasteiger partial charge >= 0.3 is 0 Å². The average Bonchev–Trinajstić information content (AvgIpc) is 3.50. The van der Waals surface area contributed by atoms with Crippen LogP contribution in [0.2, 0.25) is 0 Å². The van der Waals surface area contributed by atoms with E-state index in [1.165, 1.54) is 5.56 Å².